The molecule has 1 aliphatic heterocycles. The summed E-state index contributed by atoms with van der Waals surface area (Å²) in [4.78, 5) is 15.4. The van der Waals surface area contributed by atoms with Crippen LogP contribution in [0.3, 0.4) is 0 Å². The van der Waals surface area contributed by atoms with Gasteiger partial charge in [-0.2, -0.15) is 18.3 Å². The third-order valence-corrected chi connectivity index (χ3v) is 6.21. The molecule has 1 saturated heterocycles. The SMILES string of the molecule is COc1ccc(C(CNC(=O)c2cnn(-c3cccc(C(F)(F)F)c3)c2C)N2CCCC2)cc1. The Labute approximate surface area is 196 Å². The first-order valence-corrected chi connectivity index (χ1v) is 11.2. The van der Waals surface area contributed by atoms with Crippen LogP contribution in [0.2, 0.25) is 0 Å². The van der Waals surface area contributed by atoms with Gasteiger partial charge < -0.3 is 10.1 Å². The van der Waals surface area contributed by atoms with Gasteiger partial charge in [-0.15, -0.1) is 0 Å². The Balaban J connectivity index is 1.51. The lowest BCUT2D eigenvalue weighted by molar-refractivity contribution is -0.137. The zero-order valence-electron chi connectivity index (χ0n) is 19.1. The number of hydrogen-bond acceptors (Lipinski definition) is 4. The van der Waals surface area contributed by atoms with E-state index in [1.54, 1.807) is 14.0 Å². The summed E-state index contributed by atoms with van der Waals surface area (Å²) in [5.41, 5.74) is 1.36. The molecule has 0 spiro atoms. The number of methoxy groups -OCH3 is 1. The second-order valence-corrected chi connectivity index (χ2v) is 8.35. The molecule has 1 aliphatic rings. The zero-order chi connectivity index (χ0) is 24.3. The highest BCUT2D eigenvalue weighted by molar-refractivity contribution is 5.95. The van der Waals surface area contributed by atoms with Gasteiger partial charge in [0.05, 0.1) is 41.9 Å². The maximum atomic E-state index is 13.1. The normalized spacial score (nSPS) is 15.3. The Kier molecular flexibility index (Phi) is 6.92. The largest absolute Gasteiger partial charge is 0.497 e. The molecule has 1 unspecified atom stereocenters. The minimum Gasteiger partial charge on any atom is -0.497 e. The summed E-state index contributed by atoms with van der Waals surface area (Å²) in [6.45, 7) is 3.99. The van der Waals surface area contributed by atoms with E-state index < -0.39 is 11.7 Å². The van der Waals surface area contributed by atoms with Gasteiger partial charge in [0.25, 0.3) is 5.91 Å². The minimum atomic E-state index is -4.46. The lowest BCUT2D eigenvalue weighted by atomic mass is 10.0. The van der Waals surface area contributed by atoms with Crippen LogP contribution in [0.15, 0.2) is 54.7 Å². The summed E-state index contributed by atoms with van der Waals surface area (Å²) in [6, 6.07) is 12.7. The van der Waals surface area contributed by atoms with Crippen LogP contribution in [0.1, 0.15) is 46.1 Å². The number of likely N-dealkylation sites (tertiary alicyclic amines) is 1. The van der Waals surface area contributed by atoms with E-state index in [9.17, 15) is 18.0 Å². The van der Waals surface area contributed by atoms with Crippen molar-refractivity contribution in [1.82, 2.24) is 20.0 Å². The summed E-state index contributed by atoms with van der Waals surface area (Å²) in [7, 11) is 1.62. The number of aromatic nitrogens is 2. The lowest BCUT2D eigenvalue weighted by Crippen LogP contribution is -2.37. The van der Waals surface area contributed by atoms with Crippen LogP contribution in [0.4, 0.5) is 13.2 Å². The second kappa shape index (κ2) is 9.89. The second-order valence-electron chi connectivity index (χ2n) is 8.35. The average Bonchev–Trinajstić information content (AvgIpc) is 3.49. The van der Waals surface area contributed by atoms with Crippen LogP contribution < -0.4 is 10.1 Å². The predicted molar refractivity (Wildman–Crippen MR) is 122 cm³/mol. The number of halogens is 3. The third-order valence-electron chi connectivity index (χ3n) is 6.21. The molecule has 1 fully saturated rings. The molecule has 2 heterocycles. The molecule has 1 amide bonds. The van der Waals surface area contributed by atoms with E-state index in [2.05, 4.69) is 15.3 Å². The molecule has 0 saturated carbocycles. The highest BCUT2D eigenvalue weighted by atomic mass is 19.4. The van der Waals surface area contributed by atoms with Gasteiger partial charge in [-0.25, -0.2) is 4.68 Å². The van der Waals surface area contributed by atoms with Crippen molar-refractivity contribution >= 4 is 5.91 Å². The van der Waals surface area contributed by atoms with Crippen molar-refractivity contribution in [3.05, 3.63) is 77.1 Å². The Hall–Kier alpha value is -3.33. The van der Waals surface area contributed by atoms with Crippen molar-refractivity contribution in [3.8, 4) is 11.4 Å². The van der Waals surface area contributed by atoms with Crippen molar-refractivity contribution in [3.63, 3.8) is 0 Å². The Bertz CT molecular complexity index is 1140. The predicted octanol–water partition coefficient (Wildman–Crippen LogP) is 4.78. The fraction of sp³-hybridized carbons (Fsp3) is 0.360. The van der Waals surface area contributed by atoms with Gasteiger partial charge in [0.1, 0.15) is 5.75 Å². The van der Waals surface area contributed by atoms with Gasteiger partial charge in [-0.3, -0.25) is 9.69 Å². The van der Waals surface area contributed by atoms with Gasteiger partial charge in [0.2, 0.25) is 0 Å². The summed E-state index contributed by atoms with van der Waals surface area (Å²) in [6.07, 6.45) is -0.834. The molecule has 34 heavy (non-hydrogen) atoms. The van der Waals surface area contributed by atoms with E-state index in [0.29, 0.717) is 17.8 Å². The minimum absolute atomic E-state index is 0.0103. The molecule has 2 aromatic carbocycles. The van der Waals surface area contributed by atoms with Crippen molar-refractivity contribution in [2.45, 2.75) is 32.0 Å². The molecule has 4 rings (SSSR count). The molecule has 0 radical (unpaired) electrons. The van der Waals surface area contributed by atoms with Crippen molar-refractivity contribution < 1.29 is 22.7 Å². The van der Waals surface area contributed by atoms with E-state index in [1.807, 2.05) is 24.3 Å². The van der Waals surface area contributed by atoms with Crippen LogP contribution in [0.5, 0.6) is 5.75 Å². The van der Waals surface area contributed by atoms with E-state index in [4.69, 9.17) is 4.74 Å². The van der Waals surface area contributed by atoms with Gasteiger partial charge in [-0.1, -0.05) is 18.2 Å². The Morgan fingerprint density at radius 3 is 2.50 bits per heavy atom. The summed E-state index contributed by atoms with van der Waals surface area (Å²) in [5.74, 6) is 0.457. The number of hydrogen-bond donors (Lipinski definition) is 1. The number of carbonyl (C=O) groups excluding carboxylic acids is 1. The van der Waals surface area contributed by atoms with E-state index in [0.717, 1.165) is 49.4 Å². The van der Waals surface area contributed by atoms with E-state index >= 15 is 0 Å². The number of amides is 1. The standard InChI is InChI=1S/C25H27F3N4O2/c1-17-22(15-30-32(17)20-7-5-6-19(14-20)25(26,27)28)24(33)29-16-23(31-12-3-4-13-31)18-8-10-21(34-2)11-9-18/h5-11,14-15,23H,3-4,12-13,16H2,1-2H3,(H,29,33). The number of nitrogens with zero attached hydrogens (tertiary/aromatic N) is 3. The molecule has 1 aromatic heterocycles. The van der Waals surface area contributed by atoms with Crippen LogP contribution >= 0.6 is 0 Å². The number of carbonyl (C=O) groups is 1. The summed E-state index contributed by atoms with van der Waals surface area (Å²) >= 11 is 0. The van der Waals surface area contributed by atoms with Crippen molar-refractivity contribution in [1.29, 1.82) is 0 Å². The fourth-order valence-corrected chi connectivity index (χ4v) is 4.33. The first-order valence-electron chi connectivity index (χ1n) is 11.2. The molecule has 1 atom stereocenters. The molecule has 3 aromatic rings. The molecule has 6 nitrogen and oxygen atoms in total. The maximum absolute atomic E-state index is 13.1. The summed E-state index contributed by atoms with van der Waals surface area (Å²) in [5, 5.41) is 7.18. The monoisotopic (exact) mass is 472 g/mol. The molecular weight excluding hydrogens is 445 g/mol. The summed E-state index contributed by atoms with van der Waals surface area (Å²) < 4.78 is 45.9. The van der Waals surface area contributed by atoms with Gasteiger partial charge >= 0.3 is 6.18 Å². The third kappa shape index (κ3) is 5.09. The molecule has 9 heteroatoms. The number of nitrogens with one attached hydrogen (secondary N) is 1. The number of rotatable bonds is 7. The van der Waals surface area contributed by atoms with Crippen LogP contribution in [0, 0.1) is 6.92 Å². The van der Waals surface area contributed by atoms with E-state index in [1.165, 1.54) is 23.0 Å². The number of alkyl halides is 3. The fourth-order valence-electron chi connectivity index (χ4n) is 4.33. The average molecular weight is 473 g/mol. The van der Waals surface area contributed by atoms with Crippen molar-refractivity contribution in [2.75, 3.05) is 26.7 Å². The van der Waals surface area contributed by atoms with Gasteiger partial charge in [0, 0.05) is 6.54 Å². The lowest BCUT2D eigenvalue weighted by Gasteiger charge is -2.28. The van der Waals surface area contributed by atoms with Crippen molar-refractivity contribution in [2.24, 2.45) is 0 Å². The van der Waals surface area contributed by atoms with E-state index in [-0.39, 0.29) is 17.6 Å². The van der Waals surface area contributed by atoms with Gasteiger partial charge in [0.15, 0.2) is 0 Å². The molecule has 180 valence electrons. The highest BCUT2D eigenvalue weighted by Crippen LogP contribution is 2.31. The van der Waals surface area contributed by atoms with Crippen LogP contribution in [0.25, 0.3) is 5.69 Å². The Morgan fingerprint density at radius 1 is 1.15 bits per heavy atom. The zero-order valence-corrected chi connectivity index (χ0v) is 19.1. The first kappa shape index (κ1) is 23.8. The quantitative estimate of drug-likeness (QED) is 0.538. The van der Waals surface area contributed by atoms with Gasteiger partial charge in [-0.05, 0) is 68.8 Å². The smallest absolute Gasteiger partial charge is 0.416 e. The highest BCUT2D eigenvalue weighted by Gasteiger charge is 2.31. The Morgan fingerprint density at radius 2 is 1.85 bits per heavy atom. The number of benzene rings is 2. The first-order chi connectivity index (χ1) is 16.3. The topological polar surface area (TPSA) is 59.4 Å². The molecule has 1 N–H and O–H groups in total. The maximum Gasteiger partial charge on any atom is 0.416 e. The van der Waals surface area contributed by atoms with Crippen LogP contribution in [-0.4, -0.2) is 47.3 Å². The molecular formula is C25H27F3N4O2. The molecule has 0 aliphatic carbocycles. The van der Waals surface area contributed by atoms with Crippen LogP contribution in [-0.2, 0) is 6.18 Å². The number of ether oxygens (including phenoxy) is 1. The molecule has 0 bridgehead atoms.